The third-order valence-electron chi connectivity index (χ3n) is 3.60. The topological polar surface area (TPSA) is 63.8 Å². The average Bonchev–Trinajstić information content (AvgIpc) is 2.97. The van der Waals surface area contributed by atoms with Crippen LogP contribution in [0.4, 0.5) is 0 Å². The number of aryl methyl sites for hydroxylation is 1. The van der Waals surface area contributed by atoms with Gasteiger partial charge in [-0.2, -0.15) is 0 Å². The molecule has 0 radical (unpaired) electrons. The summed E-state index contributed by atoms with van der Waals surface area (Å²) in [7, 11) is 0. The van der Waals surface area contributed by atoms with Crippen molar-refractivity contribution in [3.8, 4) is 5.69 Å². The minimum atomic E-state index is -0.0993. The van der Waals surface area contributed by atoms with E-state index in [0.717, 1.165) is 30.6 Å². The lowest BCUT2D eigenvalue weighted by Gasteiger charge is -2.09. The van der Waals surface area contributed by atoms with E-state index in [1.54, 1.807) is 10.8 Å². The fourth-order valence-corrected chi connectivity index (χ4v) is 2.28. The molecule has 1 fully saturated rings. The smallest absolute Gasteiger partial charge is 0.325 e. The first kappa shape index (κ1) is 11.3. The highest BCUT2D eigenvalue weighted by Crippen LogP contribution is 2.35. The van der Waals surface area contributed by atoms with E-state index in [9.17, 15) is 4.79 Å². The third-order valence-corrected chi connectivity index (χ3v) is 3.60. The number of nitrogens with zero attached hydrogens (tertiary/aromatic N) is 1. The summed E-state index contributed by atoms with van der Waals surface area (Å²) < 4.78 is 1.67. The standard InChI is InChI=1S/C14H17N3O/c1-10-9-16-13(18)17(10)12-4-2-11(3-5-12)8-14(15)6-7-14/h2-5,9H,6-8,15H2,1H3,(H,16,18). The Hall–Kier alpha value is -1.81. The van der Waals surface area contributed by atoms with Crippen LogP contribution in [-0.2, 0) is 6.42 Å². The lowest BCUT2D eigenvalue weighted by molar-refractivity contribution is 0.672. The van der Waals surface area contributed by atoms with Gasteiger partial charge < -0.3 is 10.7 Å². The van der Waals surface area contributed by atoms with Gasteiger partial charge in [0.05, 0.1) is 5.69 Å². The first-order chi connectivity index (χ1) is 8.57. The molecule has 1 heterocycles. The number of aromatic nitrogens is 2. The number of aromatic amines is 1. The minimum absolute atomic E-state index is 0.0301. The van der Waals surface area contributed by atoms with E-state index in [4.69, 9.17) is 5.73 Å². The van der Waals surface area contributed by atoms with Gasteiger partial charge in [0.25, 0.3) is 0 Å². The van der Waals surface area contributed by atoms with Crippen molar-refractivity contribution in [2.75, 3.05) is 0 Å². The average molecular weight is 243 g/mol. The highest BCUT2D eigenvalue weighted by atomic mass is 16.1. The molecule has 0 aliphatic heterocycles. The van der Waals surface area contributed by atoms with Gasteiger partial charge in [-0.05, 0) is 43.9 Å². The highest BCUT2D eigenvalue weighted by Gasteiger charge is 2.37. The van der Waals surface area contributed by atoms with Crippen molar-refractivity contribution in [2.24, 2.45) is 5.73 Å². The summed E-state index contributed by atoms with van der Waals surface area (Å²) in [6.45, 7) is 1.91. The van der Waals surface area contributed by atoms with Gasteiger partial charge in [0.15, 0.2) is 0 Å². The zero-order chi connectivity index (χ0) is 12.8. The summed E-state index contributed by atoms with van der Waals surface area (Å²) in [4.78, 5) is 14.3. The Labute approximate surface area is 105 Å². The van der Waals surface area contributed by atoms with E-state index in [0.29, 0.717) is 0 Å². The molecule has 1 aromatic heterocycles. The number of imidazole rings is 1. The Morgan fingerprint density at radius 3 is 2.50 bits per heavy atom. The van der Waals surface area contributed by atoms with E-state index in [2.05, 4.69) is 17.1 Å². The molecule has 1 aliphatic rings. The molecule has 0 saturated heterocycles. The fourth-order valence-electron chi connectivity index (χ4n) is 2.28. The predicted molar refractivity (Wildman–Crippen MR) is 71.0 cm³/mol. The van der Waals surface area contributed by atoms with Crippen LogP contribution < -0.4 is 11.4 Å². The first-order valence-electron chi connectivity index (χ1n) is 6.23. The summed E-state index contributed by atoms with van der Waals surface area (Å²) in [6.07, 6.45) is 4.87. The van der Waals surface area contributed by atoms with Crippen LogP contribution in [0.15, 0.2) is 35.3 Å². The molecule has 0 spiro atoms. The lowest BCUT2D eigenvalue weighted by atomic mass is 10.0. The summed E-state index contributed by atoms with van der Waals surface area (Å²) in [5, 5.41) is 0. The number of rotatable bonds is 3. The van der Waals surface area contributed by atoms with E-state index in [1.165, 1.54) is 5.56 Å². The largest absolute Gasteiger partial charge is 0.330 e. The molecule has 2 aromatic rings. The van der Waals surface area contributed by atoms with Crippen LogP contribution >= 0.6 is 0 Å². The van der Waals surface area contributed by atoms with Crippen LogP contribution in [0.5, 0.6) is 0 Å². The number of nitrogens with two attached hydrogens (primary N) is 1. The summed E-state index contributed by atoms with van der Waals surface area (Å²) in [5.41, 5.74) is 9.07. The molecule has 1 aliphatic carbocycles. The van der Waals surface area contributed by atoms with Gasteiger partial charge in [0.2, 0.25) is 0 Å². The Kier molecular flexibility index (Phi) is 2.41. The Morgan fingerprint density at radius 1 is 1.33 bits per heavy atom. The number of hydrogen-bond acceptors (Lipinski definition) is 2. The minimum Gasteiger partial charge on any atom is -0.325 e. The molecule has 3 N–H and O–H groups in total. The van der Waals surface area contributed by atoms with Crippen LogP contribution in [0.25, 0.3) is 5.69 Å². The molecule has 94 valence electrons. The van der Waals surface area contributed by atoms with Crippen LogP contribution in [0, 0.1) is 6.92 Å². The van der Waals surface area contributed by atoms with Gasteiger partial charge in [-0.15, -0.1) is 0 Å². The van der Waals surface area contributed by atoms with Crippen LogP contribution in [0.2, 0.25) is 0 Å². The molecule has 3 rings (SSSR count). The molecule has 1 aromatic carbocycles. The van der Waals surface area contributed by atoms with Gasteiger partial charge in [0.1, 0.15) is 0 Å². The molecule has 0 bridgehead atoms. The van der Waals surface area contributed by atoms with E-state index in [-0.39, 0.29) is 11.2 Å². The molecule has 0 unspecified atom stereocenters. The zero-order valence-electron chi connectivity index (χ0n) is 10.4. The molecule has 1 saturated carbocycles. The predicted octanol–water partition coefficient (Wildman–Crippen LogP) is 1.51. The van der Waals surface area contributed by atoms with E-state index >= 15 is 0 Å². The van der Waals surface area contributed by atoms with Gasteiger partial charge in [-0.1, -0.05) is 12.1 Å². The quantitative estimate of drug-likeness (QED) is 0.858. The first-order valence-corrected chi connectivity index (χ1v) is 6.23. The normalized spacial score (nSPS) is 16.8. The maximum absolute atomic E-state index is 11.7. The summed E-state index contributed by atoms with van der Waals surface area (Å²) in [5.74, 6) is 0. The van der Waals surface area contributed by atoms with Gasteiger partial charge in [0, 0.05) is 17.4 Å². The highest BCUT2D eigenvalue weighted by molar-refractivity contribution is 5.37. The zero-order valence-corrected chi connectivity index (χ0v) is 10.4. The second kappa shape index (κ2) is 3.85. The third kappa shape index (κ3) is 1.99. The van der Waals surface area contributed by atoms with Crippen molar-refractivity contribution in [2.45, 2.75) is 31.7 Å². The van der Waals surface area contributed by atoms with Gasteiger partial charge in [-0.25, -0.2) is 4.79 Å². The van der Waals surface area contributed by atoms with Crippen molar-refractivity contribution in [1.82, 2.24) is 9.55 Å². The second-order valence-corrected chi connectivity index (χ2v) is 5.28. The van der Waals surface area contributed by atoms with Crippen molar-refractivity contribution >= 4 is 0 Å². The maximum Gasteiger partial charge on any atom is 0.330 e. The molecule has 0 atom stereocenters. The van der Waals surface area contributed by atoms with Crippen LogP contribution in [0.3, 0.4) is 0 Å². The summed E-state index contributed by atoms with van der Waals surface area (Å²) >= 11 is 0. The molecule has 0 amide bonds. The molecular weight excluding hydrogens is 226 g/mol. The fraction of sp³-hybridized carbons (Fsp3) is 0.357. The molecular formula is C14H17N3O. The molecule has 4 heteroatoms. The second-order valence-electron chi connectivity index (χ2n) is 5.28. The lowest BCUT2D eigenvalue weighted by Crippen LogP contribution is -2.24. The van der Waals surface area contributed by atoms with Crippen LogP contribution in [0.1, 0.15) is 24.1 Å². The number of nitrogens with one attached hydrogen (secondary N) is 1. The van der Waals surface area contributed by atoms with E-state index in [1.807, 2.05) is 19.1 Å². The van der Waals surface area contributed by atoms with Crippen molar-refractivity contribution in [3.05, 3.63) is 52.2 Å². The molecule has 18 heavy (non-hydrogen) atoms. The van der Waals surface area contributed by atoms with Crippen molar-refractivity contribution in [1.29, 1.82) is 0 Å². The van der Waals surface area contributed by atoms with E-state index < -0.39 is 0 Å². The molecule has 4 nitrogen and oxygen atoms in total. The number of benzene rings is 1. The Morgan fingerprint density at radius 2 is 2.00 bits per heavy atom. The van der Waals surface area contributed by atoms with Crippen molar-refractivity contribution in [3.63, 3.8) is 0 Å². The Balaban J connectivity index is 1.89. The SMILES string of the molecule is Cc1c[nH]c(=O)n1-c1ccc(CC2(N)CC2)cc1. The number of hydrogen-bond donors (Lipinski definition) is 2. The van der Waals surface area contributed by atoms with Crippen LogP contribution in [-0.4, -0.2) is 15.1 Å². The van der Waals surface area contributed by atoms with Crippen molar-refractivity contribution < 1.29 is 0 Å². The van der Waals surface area contributed by atoms with Gasteiger partial charge in [-0.3, -0.25) is 4.57 Å². The Bertz CT molecular complexity index is 617. The maximum atomic E-state index is 11.7. The summed E-state index contributed by atoms with van der Waals surface area (Å²) in [6, 6.07) is 8.06. The number of H-pyrrole nitrogens is 1. The monoisotopic (exact) mass is 243 g/mol. The van der Waals surface area contributed by atoms with Gasteiger partial charge >= 0.3 is 5.69 Å².